The third-order valence-electron chi connectivity index (χ3n) is 5.42. The molecule has 0 unspecified atom stereocenters. The number of rotatable bonds is 3. The quantitative estimate of drug-likeness (QED) is 0.794. The second-order valence-electron chi connectivity index (χ2n) is 7.47. The molecule has 4 rings (SSSR count). The largest absolute Gasteiger partial charge is 0.465 e. The summed E-state index contributed by atoms with van der Waals surface area (Å²) in [6.07, 6.45) is 1.09. The van der Waals surface area contributed by atoms with Gasteiger partial charge in [0.2, 0.25) is 0 Å². The first kappa shape index (κ1) is 19.7. The third kappa shape index (κ3) is 3.04. The van der Waals surface area contributed by atoms with Gasteiger partial charge in [-0.1, -0.05) is 6.92 Å². The highest BCUT2D eigenvalue weighted by molar-refractivity contribution is 6.03. The Morgan fingerprint density at radius 2 is 2.07 bits per heavy atom. The molecule has 0 radical (unpaired) electrons. The Kier molecular flexibility index (Phi) is 4.63. The number of amides is 1. The molecule has 0 bridgehead atoms. The summed E-state index contributed by atoms with van der Waals surface area (Å²) in [7, 11) is 0. The highest BCUT2D eigenvalue weighted by Crippen LogP contribution is 2.51. The average molecular weight is 413 g/mol. The highest BCUT2D eigenvalue weighted by Gasteiger charge is 2.58. The average Bonchev–Trinajstić information content (AvgIpc) is 3.06. The number of nitrogens with zero attached hydrogens (tertiary/aromatic N) is 3. The molecular weight excluding hydrogens is 396 g/mol. The van der Waals surface area contributed by atoms with Gasteiger partial charge < -0.3 is 20.5 Å². The van der Waals surface area contributed by atoms with E-state index in [1.807, 2.05) is 6.92 Å². The Balaban J connectivity index is 1.70. The summed E-state index contributed by atoms with van der Waals surface area (Å²) in [6.45, 7) is 2.43. The second kappa shape index (κ2) is 7.03. The maximum absolute atomic E-state index is 14.9. The number of hydrogen-bond donors (Lipinski definition) is 2. The minimum Gasteiger partial charge on any atom is -0.465 e. The Labute approximate surface area is 170 Å². The minimum absolute atomic E-state index is 0.0114. The van der Waals surface area contributed by atoms with E-state index in [0.717, 1.165) is 12.3 Å². The number of aromatic nitrogens is 1. The molecular formula is C20H17F2N5O3. The molecule has 30 heavy (non-hydrogen) atoms. The predicted octanol–water partition coefficient (Wildman–Crippen LogP) is 2.06. The fourth-order valence-electron chi connectivity index (χ4n) is 3.74. The summed E-state index contributed by atoms with van der Waals surface area (Å²) in [5, 5.41) is 11.3. The van der Waals surface area contributed by atoms with Gasteiger partial charge in [-0.15, -0.1) is 0 Å². The number of hydrogen-bond acceptors (Lipinski definition) is 7. The van der Waals surface area contributed by atoms with Gasteiger partial charge in [0, 0.05) is 17.4 Å². The summed E-state index contributed by atoms with van der Waals surface area (Å²) >= 11 is 0. The van der Waals surface area contributed by atoms with E-state index in [1.165, 1.54) is 18.2 Å². The summed E-state index contributed by atoms with van der Waals surface area (Å²) in [6, 6.07) is 6.53. The summed E-state index contributed by atoms with van der Waals surface area (Å²) < 4.78 is 39.9. The number of fused-ring (bicyclic) bond motifs is 1. The number of amidine groups is 1. The standard InChI is InChI=1S/C20H17F2N5O3/c1-19-8-29-10-20(19,27-18(24)30-9-19)13-5-12(2-3-14(13)21)26-17(28)16-15(22)4-11(6-23)7-25-16/h2-5,7H,8-10H2,1H3,(H2,24,27)(H,26,28)/t19-,20+/m0/s1. The van der Waals surface area contributed by atoms with Gasteiger partial charge in [0.1, 0.15) is 24.0 Å². The van der Waals surface area contributed by atoms with Crippen LogP contribution in [-0.4, -0.2) is 36.7 Å². The van der Waals surface area contributed by atoms with Crippen molar-refractivity contribution in [2.75, 3.05) is 25.1 Å². The fraction of sp³-hybridized carbons (Fsp3) is 0.300. The van der Waals surface area contributed by atoms with Crippen molar-refractivity contribution in [3.63, 3.8) is 0 Å². The van der Waals surface area contributed by atoms with E-state index in [9.17, 15) is 13.6 Å². The Bertz CT molecular complexity index is 1120. The van der Waals surface area contributed by atoms with Crippen LogP contribution in [0.2, 0.25) is 0 Å². The number of carbonyl (C=O) groups is 1. The Morgan fingerprint density at radius 3 is 2.80 bits per heavy atom. The lowest BCUT2D eigenvalue weighted by molar-refractivity contribution is 0.0665. The maximum Gasteiger partial charge on any atom is 0.282 e. The van der Waals surface area contributed by atoms with Gasteiger partial charge in [-0.05, 0) is 24.3 Å². The van der Waals surface area contributed by atoms with Crippen LogP contribution in [0.5, 0.6) is 0 Å². The van der Waals surface area contributed by atoms with Gasteiger partial charge in [0.05, 0.1) is 24.2 Å². The number of nitrogens with two attached hydrogens (primary N) is 1. The van der Waals surface area contributed by atoms with Crippen LogP contribution in [0, 0.1) is 28.4 Å². The first-order chi connectivity index (χ1) is 14.3. The van der Waals surface area contributed by atoms with Gasteiger partial charge in [-0.25, -0.2) is 18.8 Å². The smallest absolute Gasteiger partial charge is 0.282 e. The van der Waals surface area contributed by atoms with Crippen molar-refractivity contribution in [2.24, 2.45) is 16.1 Å². The first-order valence-electron chi connectivity index (χ1n) is 9.01. The summed E-state index contributed by atoms with van der Waals surface area (Å²) in [5.41, 5.74) is 3.87. The van der Waals surface area contributed by atoms with E-state index in [0.29, 0.717) is 6.61 Å². The van der Waals surface area contributed by atoms with Crippen molar-refractivity contribution in [3.05, 3.63) is 58.9 Å². The van der Waals surface area contributed by atoms with Crippen LogP contribution < -0.4 is 11.1 Å². The number of ether oxygens (including phenoxy) is 2. The van der Waals surface area contributed by atoms with E-state index in [2.05, 4.69) is 15.3 Å². The molecule has 2 aliphatic rings. The van der Waals surface area contributed by atoms with Crippen LogP contribution in [0.1, 0.15) is 28.5 Å². The number of nitrogens with one attached hydrogen (secondary N) is 1. The van der Waals surface area contributed by atoms with Gasteiger partial charge in [-0.3, -0.25) is 4.79 Å². The van der Waals surface area contributed by atoms with Crippen LogP contribution in [0.15, 0.2) is 35.5 Å². The van der Waals surface area contributed by atoms with E-state index >= 15 is 0 Å². The molecule has 0 saturated carbocycles. The Hall–Kier alpha value is -3.58. The zero-order valence-electron chi connectivity index (χ0n) is 15.9. The number of aliphatic imine (C=N–C) groups is 1. The van der Waals surface area contributed by atoms with E-state index in [-0.39, 0.29) is 36.0 Å². The summed E-state index contributed by atoms with van der Waals surface area (Å²) in [4.78, 5) is 20.5. The van der Waals surface area contributed by atoms with E-state index < -0.39 is 34.2 Å². The van der Waals surface area contributed by atoms with Gasteiger partial charge >= 0.3 is 0 Å². The van der Waals surface area contributed by atoms with Crippen LogP contribution >= 0.6 is 0 Å². The van der Waals surface area contributed by atoms with E-state index in [4.69, 9.17) is 20.5 Å². The lowest BCUT2D eigenvalue weighted by Gasteiger charge is -2.42. The molecule has 2 aromatic rings. The van der Waals surface area contributed by atoms with Crippen molar-refractivity contribution in [3.8, 4) is 6.07 Å². The molecule has 3 N–H and O–H groups in total. The highest BCUT2D eigenvalue weighted by atomic mass is 19.1. The van der Waals surface area contributed by atoms with Crippen molar-refractivity contribution >= 4 is 17.6 Å². The molecule has 0 aliphatic carbocycles. The van der Waals surface area contributed by atoms with Crippen molar-refractivity contribution in [1.82, 2.24) is 4.98 Å². The monoisotopic (exact) mass is 413 g/mol. The van der Waals surface area contributed by atoms with Crippen LogP contribution in [0.4, 0.5) is 14.5 Å². The van der Waals surface area contributed by atoms with Crippen molar-refractivity contribution in [1.29, 1.82) is 5.26 Å². The molecule has 10 heteroatoms. The molecule has 1 fully saturated rings. The van der Waals surface area contributed by atoms with E-state index in [1.54, 1.807) is 6.07 Å². The lowest BCUT2D eigenvalue weighted by atomic mass is 9.69. The molecule has 3 heterocycles. The number of pyridine rings is 1. The van der Waals surface area contributed by atoms with Crippen molar-refractivity contribution < 1.29 is 23.0 Å². The molecule has 8 nitrogen and oxygen atoms in total. The van der Waals surface area contributed by atoms with Crippen LogP contribution in [0.25, 0.3) is 0 Å². The molecule has 2 aliphatic heterocycles. The topological polar surface area (TPSA) is 123 Å². The van der Waals surface area contributed by atoms with Gasteiger partial charge in [0.25, 0.3) is 11.9 Å². The molecule has 2 atom stereocenters. The number of carbonyl (C=O) groups excluding carboxylic acids is 1. The molecule has 154 valence electrons. The number of anilines is 1. The fourth-order valence-corrected chi connectivity index (χ4v) is 3.74. The van der Waals surface area contributed by atoms with Crippen LogP contribution in [-0.2, 0) is 15.0 Å². The lowest BCUT2D eigenvalue weighted by Crippen LogP contribution is -2.50. The van der Waals surface area contributed by atoms with Gasteiger partial charge in [-0.2, -0.15) is 5.26 Å². The predicted molar refractivity (Wildman–Crippen MR) is 101 cm³/mol. The number of nitriles is 1. The normalized spacial score (nSPS) is 24.9. The zero-order valence-corrected chi connectivity index (χ0v) is 15.9. The van der Waals surface area contributed by atoms with Crippen molar-refractivity contribution in [2.45, 2.75) is 12.5 Å². The minimum atomic E-state index is -1.13. The van der Waals surface area contributed by atoms with Crippen LogP contribution in [0.3, 0.4) is 0 Å². The maximum atomic E-state index is 14.9. The third-order valence-corrected chi connectivity index (χ3v) is 5.42. The zero-order chi connectivity index (χ0) is 21.5. The SMILES string of the molecule is C[C@@]12COC[C@]1(c1cc(NC(=O)c3ncc(C#N)cc3F)ccc1F)N=C(N)OC2. The Morgan fingerprint density at radius 1 is 1.27 bits per heavy atom. The number of benzene rings is 1. The molecule has 1 amide bonds. The molecule has 1 aromatic carbocycles. The molecule has 1 aromatic heterocycles. The second-order valence-corrected chi connectivity index (χ2v) is 7.47. The summed E-state index contributed by atoms with van der Waals surface area (Å²) in [5.74, 6) is -2.33. The van der Waals surface area contributed by atoms with Gasteiger partial charge in [0.15, 0.2) is 11.5 Å². The molecule has 0 spiro atoms. The first-order valence-corrected chi connectivity index (χ1v) is 9.01. The molecule has 1 saturated heterocycles. The number of halogens is 2.